The Labute approximate surface area is 125 Å². The summed E-state index contributed by atoms with van der Waals surface area (Å²) < 4.78 is 0. The molecule has 1 aromatic heterocycles. The van der Waals surface area contributed by atoms with Crippen LogP contribution in [0, 0.1) is 0 Å². The Morgan fingerprint density at radius 1 is 1.05 bits per heavy atom. The lowest BCUT2D eigenvalue weighted by atomic mass is 10.0. The summed E-state index contributed by atoms with van der Waals surface area (Å²) in [5, 5.41) is 3.49. The molecular formula is C18H19N3. The van der Waals surface area contributed by atoms with Gasteiger partial charge in [0.2, 0.25) is 0 Å². The van der Waals surface area contributed by atoms with E-state index in [0.29, 0.717) is 5.92 Å². The Morgan fingerprint density at radius 2 is 1.81 bits per heavy atom. The van der Waals surface area contributed by atoms with Crippen LogP contribution in [0.2, 0.25) is 0 Å². The van der Waals surface area contributed by atoms with Crippen LogP contribution in [0.1, 0.15) is 18.4 Å². The van der Waals surface area contributed by atoms with Gasteiger partial charge in [0.15, 0.2) is 0 Å². The van der Waals surface area contributed by atoms with Crippen LogP contribution in [-0.2, 0) is 0 Å². The van der Waals surface area contributed by atoms with Crippen LogP contribution in [0.4, 0.5) is 5.69 Å². The van der Waals surface area contributed by atoms with E-state index in [9.17, 15) is 0 Å². The SMILES string of the molecule is CC(CNc1ccc(-c2cnc[nH]2)cc1)c1ccccc1. The molecule has 0 saturated carbocycles. The van der Waals surface area contributed by atoms with Crippen LogP contribution in [0.3, 0.4) is 0 Å². The molecule has 3 rings (SSSR count). The molecule has 21 heavy (non-hydrogen) atoms. The van der Waals surface area contributed by atoms with Gasteiger partial charge in [-0.1, -0.05) is 49.4 Å². The summed E-state index contributed by atoms with van der Waals surface area (Å²) in [5.41, 5.74) is 4.69. The van der Waals surface area contributed by atoms with E-state index < -0.39 is 0 Å². The third-order valence-electron chi connectivity index (χ3n) is 3.68. The van der Waals surface area contributed by atoms with E-state index in [1.165, 1.54) is 5.56 Å². The molecule has 0 aliphatic rings. The van der Waals surface area contributed by atoms with Crippen molar-refractivity contribution in [3.63, 3.8) is 0 Å². The Kier molecular flexibility index (Phi) is 4.01. The molecule has 2 N–H and O–H groups in total. The van der Waals surface area contributed by atoms with Gasteiger partial charge in [-0.25, -0.2) is 4.98 Å². The molecule has 3 aromatic rings. The first-order valence-electron chi connectivity index (χ1n) is 7.20. The fraction of sp³-hybridized carbons (Fsp3) is 0.167. The van der Waals surface area contributed by atoms with E-state index in [1.807, 2.05) is 6.20 Å². The third kappa shape index (κ3) is 3.31. The standard InChI is InChI=1S/C18H19N3/c1-14(15-5-3-2-4-6-15)11-20-17-9-7-16(8-10-17)18-12-19-13-21-18/h2-10,12-14,20H,11H2,1H3,(H,19,21). The van der Waals surface area contributed by atoms with Crippen LogP contribution < -0.4 is 5.32 Å². The molecule has 3 nitrogen and oxygen atoms in total. The summed E-state index contributed by atoms with van der Waals surface area (Å²) in [4.78, 5) is 7.16. The van der Waals surface area contributed by atoms with Gasteiger partial charge in [-0.15, -0.1) is 0 Å². The minimum atomic E-state index is 0.485. The normalized spacial score (nSPS) is 12.0. The summed E-state index contributed by atoms with van der Waals surface area (Å²) in [6, 6.07) is 19.0. The van der Waals surface area contributed by atoms with Crippen molar-refractivity contribution >= 4 is 5.69 Å². The first kappa shape index (κ1) is 13.4. The van der Waals surface area contributed by atoms with Crippen molar-refractivity contribution in [1.29, 1.82) is 0 Å². The number of anilines is 1. The number of rotatable bonds is 5. The van der Waals surface area contributed by atoms with Crippen molar-refractivity contribution in [2.75, 3.05) is 11.9 Å². The van der Waals surface area contributed by atoms with Gasteiger partial charge in [0.05, 0.1) is 18.2 Å². The monoisotopic (exact) mass is 277 g/mol. The Bertz CT molecular complexity index is 657. The number of nitrogens with one attached hydrogen (secondary N) is 2. The van der Waals surface area contributed by atoms with E-state index in [0.717, 1.165) is 23.5 Å². The number of hydrogen-bond donors (Lipinski definition) is 2. The van der Waals surface area contributed by atoms with Gasteiger partial charge in [-0.3, -0.25) is 0 Å². The zero-order valence-electron chi connectivity index (χ0n) is 12.1. The molecule has 1 atom stereocenters. The molecule has 0 radical (unpaired) electrons. The van der Waals surface area contributed by atoms with Crippen LogP contribution in [0.15, 0.2) is 67.1 Å². The fourth-order valence-corrected chi connectivity index (χ4v) is 2.35. The number of imidazole rings is 1. The second-order valence-electron chi connectivity index (χ2n) is 5.24. The smallest absolute Gasteiger partial charge is 0.0924 e. The minimum Gasteiger partial charge on any atom is -0.384 e. The van der Waals surface area contributed by atoms with Crippen molar-refractivity contribution in [2.45, 2.75) is 12.8 Å². The van der Waals surface area contributed by atoms with Crippen molar-refractivity contribution in [3.05, 3.63) is 72.7 Å². The topological polar surface area (TPSA) is 40.7 Å². The van der Waals surface area contributed by atoms with E-state index >= 15 is 0 Å². The molecule has 1 heterocycles. The molecule has 3 heteroatoms. The van der Waals surface area contributed by atoms with E-state index in [4.69, 9.17) is 0 Å². The molecule has 2 aromatic carbocycles. The zero-order valence-corrected chi connectivity index (χ0v) is 12.1. The second kappa shape index (κ2) is 6.27. The third-order valence-corrected chi connectivity index (χ3v) is 3.68. The predicted octanol–water partition coefficient (Wildman–Crippen LogP) is 4.29. The summed E-state index contributed by atoms with van der Waals surface area (Å²) in [6.45, 7) is 3.16. The van der Waals surface area contributed by atoms with E-state index in [2.05, 4.69) is 76.8 Å². The van der Waals surface area contributed by atoms with Crippen LogP contribution in [0.25, 0.3) is 11.3 Å². The summed E-state index contributed by atoms with van der Waals surface area (Å²) in [7, 11) is 0. The first-order chi connectivity index (χ1) is 10.3. The number of benzene rings is 2. The molecule has 0 amide bonds. The quantitative estimate of drug-likeness (QED) is 0.730. The van der Waals surface area contributed by atoms with E-state index in [1.54, 1.807) is 6.33 Å². The number of H-pyrrole nitrogens is 1. The van der Waals surface area contributed by atoms with Crippen LogP contribution in [0.5, 0.6) is 0 Å². The summed E-state index contributed by atoms with van der Waals surface area (Å²) >= 11 is 0. The summed E-state index contributed by atoms with van der Waals surface area (Å²) in [6.07, 6.45) is 3.53. The van der Waals surface area contributed by atoms with E-state index in [-0.39, 0.29) is 0 Å². The molecule has 1 unspecified atom stereocenters. The molecule has 0 aliphatic heterocycles. The maximum Gasteiger partial charge on any atom is 0.0924 e. The van der Waals surface area contributed by atoms with Crippen LogP contribution in [-0.4, -0.2) is 16.5 Å². The van der Waals surface area contributed by atoms with Crippen molar-refractivity contribution in [2.24, 2.45) is 0 Å². The van der Waals surface area contributed by atoms with Gasteiger partial charge < -0.3 is 10.3 Å². The highest BCUT2D eigenvalue weighted by molar-refractivity contribution is 5.61. The number of aromatic amines is 1. The predicted molar refractivity (Wildman–Crippen MR) is 87.4 cm³/mol. The lowest BCUT2D eigenvalue weighted by Crippen LogP contribution is -2.09. The molecule has 0 fully saturated rings. The van der Waals surface area contributed by atoms with Crippen LogP contribution >= 0.6 is 0 Å². The van der Waals surface area contributed by atoms with Gasteiger partial charge in [0, 0.05) is 12.2 Å². The molecule has 0 spiro atoms. The van der Waals surface area contributed by atoms with Crippen molar-refractivity contribution in [1.82, 2.24) is 9.97 Å². The molecule has 106 valence electrons. The molecule has 0 saturated heterocycles. The number of hydrogen-bond acceptors (Lipinski definition) is 2. The van der Waals surface area contributed by atoms with Gasteiger partial charge in [-0.05, 0) is 29.2 Å². The van der Waals surface area contributed by atoms with Crippen molar-refractivity contribution < 1.29 is 0 Å². The highest BCUT2D eigenvalue weighted by atomic mass is 14.9. The van der Waals surface area contributed by atoms with Crippen molar-refractivity contribution in [3.8, 4) is 11.3 Å². The number of nitrogens with zero attached hydrogens (tertiary/aromatic N) is 1. The maximum absolute atomic E-state index is 4.04. The second-order valence-corrected chi connectivity index (χ2v) is 5.24. The summed E-state index contributed by atoms with van der Waals surface area (Å²) in [5.74, 6) is 0.485. The Morgan fingerprint density at radius 3 is 2.48 bits per heavy atom. The largest absolute Gasteiger partial charge is 0.384 e. The maximum atomic E-state index is 4.04. The van der Waals surface area contributed by atoms with Gasteiger partial charge in [0.25, 0.3) is 0 Å². The Hall–Kier alpha value is -2.55. The highest BCUT2D eigenvalue weighted by Gasteiger charge is 2.04. The van der Waals surface area contributed by atoms with Gasteiger partial charge in [-0.2, -0.15) is 0 Å². The zero-order chi connectivity index (χ0) is 14.5. The number of aromatic nitrogens is 2. The van der Waals surface area contributed by atoms with Gasteiger partial charge in [0.1, 0.15) is 0 Å². The Balaban J connectivity index is 1.61. The molecular weight excluding hydrogens is 258 g/mol. The fourth-order valence-electron chi connectivity index (χ4n) is 2.35. The average molecular weight is 277 g/mol. The first-order valence-corrected chi connectivity index (χ1v) is 7.20. The van der Waals surface area contributed by atoms with Gasteiger partial charge >= 0.3 is 0 Å². The lowest BCUT2D eigenvalue weighted by molar-refractivity contribution is 0.805. The molecule has 0 aliphatic carbocycles. The molecule has 0 bridgehead atoms. The lowest BCUT2D eigenvalue weighted by Gasteiger charge is -2.14. The minimum absolute atomic E-state index is 0.485. The highest BCUT2D eigenvalue weighted by Crippen LogP contribution is 2.20. The average Bonchev–Trinajstić information content (AvgIpc) is 3.08.